The molecule has 0 spiro atoms. The zero-order valence-corrected chi connectivity index (χ0v) is 16.6. The molecule has 0 amide bonds. The van der Waals surface area contributed by atoms with Gasteiger partial charge in [-0.3, -0.25) is 9.36 Å². The summed E-state index contributed by atoms with van der Waals surface area (Å²) in [6.07, 6.45) is 3.32. The van der Waals surface area contributed by atoms with Gasteiger partial charge in [0.05, 0.1) is 11.6 Å². The molecule has 1 aliphatic carbocycles. The van der Waals surface area contributed by atoms with E-state index in [0.29, 0.717) is 33.2 Å². The average molecular weight is 410 g/mol. The van der Waals surface area contributed by atoms with E-state index in [4.69, 9.17) is 15.2 Å². The molecule has 1 atom stereocenters. The Balaban J connectivity index is 1.59. The van der Waals surface area contributed by atoms with Gasteiger partial charge in [0.2, 0.25) is 0 Å². The van der Waals surface area contributed by atoms with E-state index in [1.165, 1.54) is 17.7 Å². The maximum Gasteiger partial charge on any atom is 0.271 e. The van der Waals surface area contributed by atoms with Crippen LogP contribution >= 0.6 is 11.3 Å². The summed E-state index contributed by atoms with van der Waals surface area (Å²) in [4.78, 5) is 30.4. The van der Waals surface area contributed by atoms with Gasteiger partial charge in [-0.05, 0) is 38.1 Å². The number of aryl methyl sites for hydroxylation is 1. The van der Waals surface area contributed by atoms with Crippen molar-refractivity contribution in [3.8, 4) is 11.5 Å². The Kier molecular flexibility index (Phi) is 4.05. The maximum atomic E-state index is 13.0. The highest BCUT2D eigenvalue weighted by molar-refractivity contribution is 7.17. The van der Waals surface area contributed by atoms with Gasteiger partial charge < -0.3 is 15.6 Å². The Morgan fingerprint density at radius 3 is 2.90 bits per heavy atom. The van der Waals surface area contributed by atoms with Gasteiger partial charge in [-0.25, -0.2) is 15.0 Å². The minimum Gasteiger partial charge on any atom is -0.383 e. The van der Waals surface area contributed by atoms with Crippen LogP contribution in [0.5, 0.6) is 0 Å². The first-order chi connectivity index (χ1) is 14.0. The second-order valence-corrected chi connectivity index (χ2v) is 7.92. The Hall–Kier alpha value is -3.34. The number of aromatic nitrogens is 6. The van der Waals surface area contributed by atoms with Crippen molar-refractivity contribution in [1.82, 2.24) is 29.7 Å². The van der Waals surface area contributed by atoms with Crippen LogP contribution in [-0.2, 0) is 0 Å². The molecule has 0 bridgehead atoms. The number of thiophene rings is 1. The number of nitrogen functional groups attached to an aromatic ring is 1. The molecule has 29 heavy (non-hydrogen) atoms. The van der Waals surface area contributed by atoms with Crippen molar-refractivity contribution in [3.05, 3.63) is 39.8 Å². The second-order valence-electron chi connectivity index (χ2n) is 7.01. The fourth-order valence-electron chi connectivity index (χ4n) is 3.32. The lowest BCUT2D eigenvalue weighted by Crippen LogP contribution is -2.27. The van der Waals surface area contributed by atoms with Gasteiger partial charge in [-0.15, -0.1) is 11.3 Å². The van der Waals surface area contributed by atoms with Crippen LogP contribution in [0.25, 0.3) is 21.7 Å². The number of nitrogens with two attached hydrogens (primary N) is 1. The van der Waals surface area contributed by atoms with E-state index in [1.54, 1.807) is 11.5 Å². The number of hydrogen-bond donors (Lipinski definition) is 2. The van der Waals surface area contributed by atoms with E-state index in [1.807, 2.05) is 18.4 Å². The number of anilines is 2. The van der Waals surface area contributed by atoms with Crippen LogP contribution in [0.1, 0.15) is 43.5 Å². The highest BCUT2D eigenvalue weighted by atomic mass is 32.1. The predicted octanol–water partition coefficient (Wildman–Crippen LogP) is 2.70. The molecule has 0 aliphatic heterocycles. The molecule has 0 aromatic carbocycles. The van der Waals surface area contributed by atoms with E-state index >= 15 is 0 Å². The van der Waals surface area contributed by atoms with Crippen molar-refractivity contribution in [2.45, 2.75) is 38.8 Å². The summed E-state index contributed by atoms with van der Waals surface area (Å²) in [6.45, 7) is 3.65. The molecule has 5 rings (SSSR count). The van der Waals surface area contributed by atoms with Crippen LogP contribution in [0.2, 0.25) is 0 Å². The molecule has 11 heteroatoms. The normalized spacial score (nSPS) is 15.0. The molecule has 148 valence electrons. The number of nitrogens with one attached hydrogen (secondary N) is 1. The van der Waals surface area contributed by atoms with Gasteiger partial charge in [-0.1, -0.05) is 5.16 Å². The SMILES string of the molecule is Cc1noc(-c2c(N)ncnc2NC(C)c2nc3ccsc3c(=O)n2C2CC2)n1. The molecule has 4 aromatic rings. The fourth-order valence-corrected chi connectivity index (χ4v) is 4.09. The molecular weight excluding hydrogens is 392 g/mol. The van der Waals surface area contributed by atoms with Crippen LogP contribution in [0.3, 0.4) is 0 Å². The summed E-state index contributed by atoms with van der Waals surface area (Å²) in [5.74, 6) is 2.04. The summed E-state index contributed by atoms with van der Waals surface area (Å²) in [6, 6.07) is 1.74. The minimum absolute atomic E-state index is 0.00565. The van der Waals surface area contributed by atoms with Crippen molar-refractivity contribution < 1.29 is 4.52 Å². The van der Waals surface area contributed by atoms with Gasteiger partial charge in [0.1, 0.15) is 34.1 Å². The lowest BCUT2D eigenvalue weighted by atomic mass is 10.2. The maximum absolute atomic E-state index is 13.0. The van der Waals surface area contributed by atoms with Gasteiger partial charge in [-0.2, -0.15) is 4.98 Å². The standard InChI is InChI=1S/C18H18N8O2S/c1-8(16-24-11-5-6-29-13(11)18(27)26(16)10-3-4-10)22-15-12(14(19)20-7-21-15)17-23-9(2)25-28-17/h5-8,10H,3-4H2,1-2H3,(H3,19,20,21,22). The zero-order chi connectivity index (χ0) is 20.1. The average Bonchev–Trinajstić information content (AvgIpc) is 3.24. The molecule has 4 heterocycles. The van der Waals surface area contributed by atoms with E-state index in [2.05, 4.69) is 25.4 Å². The highest BCUT2D eigenvalue weighted by Crippen LogP contribution is 2.37. The number of nitrogens with zero attached hydrogens (tertiary/aromatic N) is 6. The summed E-state index contributed by atoms with van der Waals surface area (Å²) < 4.78 is 7.75. The third kappa shape index (κ3) is 3.03. The molecule has 1 aliphatic rings. The summed E-state index contributed by atoms with van der Waals surface area (Å²) >= 11 is 1.42. The van der Waals surface area contributed by atoms with E-state index in [9.17, 15) is 4.79 Å². The first kappa shape index (κ1) is 17.7. The quantitative estimate of drug-likeness (QED) is 0.508. The molecule has 0 saturated heterocycles. The smallest absolute Gasteiger partial charge is 0.271 e. The van der Waals surface area contributed by atoms with Crippen molar-refractivity contribution >= 4 is 33.2 Å². The summed E-state index contributed by atoms with van der Waals surface area (Å²) in [5, 5.41) is 9.01. The largest absolute Gasteiger partial charge is 0.383 e. The molecule has 1 fully saturated rings. The van der Waals surface area contributed by atoms with Crippen LogP contribution in [-0.4, -0.2) is 29.7 Å². The van der Waals surface area contributed by atoms with E-state index < -0.39 is 0 Å². The zero-order valence-electron chi connectivity index (χ0n) is 15.8. The topological polar surface area (TPSA) is 138 Å². The Labute approximate surface area is 168 Å². The van der Waals surface area contributed by atoms with Crippen molar-refractivity contribution in [1.29, 1.82) is 0 Å². The van der Waals surface area contributed by atoms with Crippen molar-refractivity contribution in [2.75, 3.05) is 11.1 Å². The van der Waals surface area contributed by atoms with Gasteiger partial charge in [0, 0.05) is 6.04 Å². The predicted molar refractivity (Wildman–Crippen MR) is 109 cm³/mol. The molecule has 4 aromatic heterocycles. The molecule has 10 nitrogen and oxygen atoms in total. The molecule has 3 N–H and O–H groups in total. The molecular formula is C18H18N8O2S. The van der Waals surface area contributed by atoms with Crippen LogP contribution in [0.15, 0.2) is 27.1 Å². The first-order valence-corrected chi connectivity index (χ1v) is 10.1. The monoisotopic (exact) mass is 410 g/mol. The second kappa shape index (κ2) is 6.62. The molecule has 0 radical (unpaired) electrons. The molecule has 1 saturated carbocycles. The van der Waals surface area contributed by atoms with Crippen LogP contribution < -0.4 is 16.6 Å². The third-order valence-electron chi connectivity index (χ3n) is 4.81. The van der Waals surface area contributed by atoms with Gasteiger partial charge in [0.25, 0.3) is 11.4 Å². The van der Waals surface area contributed by atoms with E-state index in [0.717, 1.165) is 12.8 Å². The fraction of sp³-hybridized carbons (Fsp3) is 0.333. The highest BCUT2D eigenvalue weighted by Gasteiger charge is 2.31. The lowest BCUT2D eigenvalue weighted by molar-refractivity contribution is 0.425. The molecule has 1 unspecified atom stereocenters. The number of fused-ring (bicyclic) bond motifs is 1. The number of hydrogen-bond acceptors (Lipinski definition) is 10. The van der Waals surface area contributed by atoms with Crippen LogP contribution in [0.4, 0.5) is 11.6 Å². The third-order valence-corrected chi connectivity index (χ3v) is 5.70. The van der Waals surface area contributed by atoms with Gasteiger partial charge >= 0.3 is 0 Å². The van der Waals surface area contributed by atoms with Crippen molar-refractivity contribution in [2.24, 2.45) is 0 Å². The van der Waals surface area contributed by atoms with Crippen molar-refractivity contribution in [3.63, 3.8) is 0 Å². The summed E-state index contributed by atoms with van der Waals surface area (Å²) in [5.41, 5.74) is 7.20. The Bertz CT molecular complexity index is 1270. The van der Waals surface area contributed by atoms with Crippen LogP contribution in [0, 0.1) is 6.92 Å². The first-order valence-electron chi connectivity index (χ1n) is 9.20. The minimum atomic E-state index is -0.315. The summed E-state index contributed by atoms with van der Waals surface area (Å²) in [7, 11) is 0. The Morgan fingerprint density at radius 1 is 1.34 bits per heavy atom. The van der Waals surface area contributed by atoms with Gasteiger partial charge in [0.15, 0.2) is 5.82 Å². The lowest BCUT2D eigenvalue weighted by Gasteiger charge is -2.20. The Morgan fingerprint density at radius 2 is 2.17 bits per heavy atom. The number of rotatable bonds is 5. The van der Waals surface area contributed by atoms with E-state index in [-0.39, 0.29) is 29.4 Å².